The fourth-order valence-corrected chi connectivity index (χ4v) is 3.01. The first-order valence-electron chi connectivity index (χ1n) is 6.83. The molecule has 1 aromatic heterocycles. The SMILES string of the molecule is O=[N+]([O-])c1c(Cl)c(C(F)(F)F)cc2c1cnn2C1CCCCO1. The van der Waals surface area contributed by atoms with Crippen molar-refractivity contribution in [3.8, 4) is 0 Å². The Morgan fingerprint density at radius 3 is 2.74 bits per heavy atom. The number of aromatic nitrogens is 2. The van der Waals surface area contributed by atoms with Gasteiger partial charge in [-0.05, 0) is 25.3 Å². The molecule has 10 heteroatoms. The van der Waals surface area contributed by atoms with Gasteiger partial charge in [0.15, 0.2) is 6.23 Å². The summed E-state index contributed by atoms with van der Waals surface area (Å²) in [5.74, 6) is 0. The summed E-state index contributed by atoms with van der Waals surface area (Å²) in [6, 6.07) is 0.787. The highest BCUT2D eigenvalue weighted by molar-refractivity contribution is 6.35. The summed E-state index contributed by atoms with van der Waals surface area (Å²) in [5.41, 5.74) is -2.06. The molecule has 2 heterocycles. The number of benzene rings is 1. The van der Waals surface area contributed by atoms with Crippen LogP contribution < -0.4 is 0 Å². The number of rotatable bonds is 2. The minimum Gasteiger partial charge on any atom is -0.356 e. The molecule has 0 spiro atoms. The lowest BCUT2D eigenvalue weighted by Crippen LogP contribution is -2.19. The molecule has 0 radical (unpaired) electrons. The molecule has 1 atom stereocenters. The molecule has 6 nitrogen and oxygen atoms in total. The van der Waals surface area contributed by atoms with Crippen molar-refractivity contribution >= 4 is 28.2 Å². The van der Waals surface area contributed by atoms with Crippen molar-refractivity contribution in [1.29, 1.82) is 0 Å². The third kappa shape index (κ3) is 2.74. The minimum absolute atomic E-state index is 0.0136. The van der Waals surface area contributed by atoms with Crippen molar-refractivity contribution in [2.75, 3.05) is 6.61 Å². The fraction of sp³-hybridized carbons (Fsp3) is 0.462. The Morgan fingerprint density at radius 2 is 2.17 bits per heavy atom. The lowest BCUT2D eigenvalue weighted by Gasteiger charge is -2.23. The molecule has 0 aliphatic carbocycles. The van der Waals surface area contributed by atoms with Gasteiger partial charge in [-0.15, -0.1) is 0 Å². The number of ether oxygens (including phenoxy) is 1. The molecule has 2 aromatic rings. The quantitative estimate of drug-likeness (QED) is 0.598. The Kier molecular flexibility index (Phi) is 3.93. The van der Waals surface area contributed by atoms with E-state index in [-0.39, 0.29) is 10.9 Å². The highest BCUT2D eigenvalue weighted by atomic mass is 35.5. The normalized spacial score (nSPS) is 19.2. The van der Waals surface area contributed by atoms with Gasteiger partial charge < -0.3 is 4.74 Å². The predicted molar refractivity (Wildman–Crippen MR) is 75.2 cm³/mol. The maximum Gasteiger partial charge on any atom is 0.418 e. The van der Waals surface area contributed by atoms with E-state index in [0.717, 1.165) is 25.1 Å². The molecule has 0 bridgehead atoms. The number of hydrogen-bond donors (Lipinski definition) is 0. The summed E-state index contributed by atoms with van der Waals surface area (Å²) >= 11 is 5.63. The molecular formula is C13H11ClF3N3O3. The highest BCUT2D eigenvalue weighted by Gasteiger charge is 2.39. The third-order valence-corrected chi connectivity index (χ3v) is 4.11. The van der Waals surface area contributed by atoms with Crippen LogP contribution in [0.15, 0.2) is 12.3 Å². The first kappa shape index (κ1) is 16.0. The third-order valence-electron chi connectivity index (χ3n) is 3.73. The smallest absolute Gasteiger partial charge is 0.356 e. The highest BCUT2D eigenvalue weighted by Crippen LogP contribution is 2.44. The van der Waals surface area contributed by atoms with Crippen molar-refractivity contribution < 1.29 is 22.8 Å². The van der Waals surface area contributed by atoms with E-state index in [9.17, 15) is 23.3 Å². The van der Waals surface area contributed by atoms with E-state index in [2.05, 4.69) is 5.10 Å². The molecule has 23 heavy (non-hydrogen) atoms. The standard InChI is InChI=1S/C13H11ClF3N3O3/c14-11-8(13(15,16)17)5-9-7(12(11)20(21)22)6-18-19(9)10-3-1-2-4-23-10/h5-6,10H,1-4H2. The van der Waals surface area contributed by atoms with Crippen LogP contribution in [0.3, 0.4) is 0 Å². The van der Waals surface area contributed by atoms with Crippen molar-refractivity contribution in [2.45, 2.75) is 31.7 Å². The lowest BCUT2D eigenvalue weighted by atomic mass is 10.1. The Hall–Kier alpha value is -1.87. The van der Waals surface area contributed by atoms with Crippen LogP contribution in [0.4, 0.5) is 18.9 Å². The molecule has 1 fully saturated rings. The van der Waals surface area contributed by atoms with Crippen LogP contribution in [0.2, 0.25) is 5.02 Å². The number of halogens is 4. The number of fused-ring (bicyclic) bond motifs is 1. The van der Waals surface area contributed by atoms with Crippen LogP contribution in [0, 0.1) is 10.1 Å². The number of alkyl halides is 3. The van der Waals surface area contributed by atoms with Crippen molar-refractivity contribution in [2.24, 2.45) is 0 Å². The summed E-state index contributed by atoms with van der Waals surface area (Å²) in [4.78, 5) is 10.3. The van der Waals surface area contributed by atoms with E-state index in [1.165, 1.54) is 4.68 Å². The van der Waals surface area contributed by atoms with Crippen LogP contribution in [0.1, 0.15) is 31.1 Å². The van der Waals surface area contributed by atoms with Gasteiger partial charge in [0.05, 0.1) is 27.6 Å². The molecule has 0 saturated carbocycles. The lowest BCUT2D eigenvalue weighted by molar-refractivity contribution is -0.383. The van der Waals surface area contributed by atoms with Crippen molar-refractivity contribution in [3.05, 3.63) is 33.0 Å². The summed E-state index contributed by atoms with van der Waals surface area (Å²) in [7, 11) is 0. The minimum atomic E-state index is -4.81. The first-order valence-corrected chi connectivity index (χ1v) is 7.21. The van der Waals surface area contributed by atoms with Crippen LogP contribution in [-0.4, -0.2) is 21.3 Å². The fourth-order valence-electron chi connectivity index (χ4n) is 2.67. The second-order valence-electron chi connectivity index (χ2n) is 5.18. The second kappa shape index (κ2) is 5.64. The van der Waals surface area contributed by atoms with E-state index in [0.29, 0.717) is 13.0 Å². The van der Waals surface area contributed by atoms with Gasteiger partial charge in [0.25, 0.3) is 5.69 Å². The molecule has 1 unspecified atom stereocenters. The molecule has 1 aliphatic rings. The Balaban J connectivity index is 2.26. The molecular weight excluding hydrogens is 339 g/mol. The van der Waals surface area contributed by atoms with Gasteiger partial charge >= 0.3 is 6.18 Å². The van der Waals surface area contributed by atoms with E-state index in [1.54, 1.807) is 0 Å². The van der Waals surface area contributed by atoms with Gasteiger partial charge in [0.2, 0.25) is 0 Å². The maximum atomic E-state index is 13.1. The zero-order valence-corrected chi connectivity index (χ0v) is 12.4. The molecule has 124 valence electrons. The maximum absolute atomic E-state index is 13.1. The van der Waals surface area contributed by atoms with Crippen LogP contribution in [-0.2, 0) is 10.9 Å². The van der Waals surface area contributed by atoms with Gasteiger partial charge in [0.1, 0.15) is 5.02 Å². The monoisotopic (exact) mass is 349 g/mol. The molecule has 3 rings (SSSR count). The summed E-state index contributed by atoms with van der Waals surface area (Å²) in [6.07, 6.45) is -1.92. The molecule has 1 aliphatic heterocycles. The predicted octanol–water partition coefficient (Wildman–Crippen LogP) is 4.32. The molecule has 1 aromatic carbocycles. The summed E-state index contributed by atoms with van der Waals surface area (Å²) < 4.78 is 46.2. The van der Waals surface area contributed by atoms with Crippen LogP contribution >= 0.6 is 11.6 Å². The first-order chi connectivity index (χ1) is 10.8. The Bertz CT molecular complexity index is 769. The molecule has 1 saturated heterocycles. The summed E-state index contributed by atoms with van der Waals surface area (Å²) in [5, 5.41) is 14.2. The topological polar surface area (TPSA) is 70.2 Å². The summed E-state index contributed by atoms with van der Waals surface area (Å²) in [6.45, 7) is 0.466. The van der Waals surface area contributed by atoms with Crippen molar-refractivity contribution in [3.63, 3.8) is 0 Å². The average Bonchev–Trinajstić information content (AvgIpc) is 2.89. The average molecular weight is 350 g/mol. The number of hydrogen-bond acceptors (Lipinski definition) is 4. The van der Waals surface area contributed by atoms with E-state index in [1.807, 2.05) is 0 Å². The van der Waals surface area contributed by atoms with Gasteiger partial charge in [0, 0.05) is 6.61 Å². The zero-order chi connectivity index (χ0) is 16.8. The van der Waals surface area contributed by atoms with E-state index in [4.69, 9.17) is 16.3 Å². The van der Waals surface area contributed by atoms with Crippen LogP contribution in [0.5, 0.6) is 0 Å². The Labute approximate surface area is 132 Å². The van der Waals surface area contributed by atoms with E-state index >= 15 is 0 Å². The van der Waals surface area contributed by atoms with Crippen LogP contribution in [0.25, 0.3) is 10.9 Å². The van der Waals surface area contributed by atoms with Gasteiger partial charge in [-0.1, -0.05) is 11.6 Å². The van der Waals surface area contributed by atoms with Gasteiger partial charge in [-0.25, -0.2) is 4.68 Å². The largest absolute Gasteiger partial charge is 0.418 e. The van der Waals surface area contributed by atoms with Crippen molar-refractivity contribution in [1.82, 2.24) is 9.78 Å². The Morgan fingerprint density at radius 1 is 1.43 bits per heavy atom. The zero-order valence-electron chi connectivity index (χ0n) is 11.6. The van der Waals surface area contributed by atoms with E-state index < -0.39 is 33.6 Å². The second-order valence-corrected chi connectivity index (χ2v) is 5.56. The number of nitro benzene ring substituents is 1. The van der Waals surface area contributed by atoms with Gasteiger partial charge in [-0.2, -0.15) is 18.3 Å². The molecule has 0 amide bonds. The van der Waals surface area contributed by atoms with Gasteiger partial charge in [-0.3, -0.25) is 10.1 Å². The number of nitro groups is 1. The number of nitrogens with zero attached hydrogens (tertiary/aromatic N) is 3. The molecule has 0 N–H and O–H groups in total.